The Labute approximate surface area is 163 Å². The first kappa shape index (κ1) is 17.4. The monoisotopic (exact) mass is 380 g/mol. The molecule has 1 N–H and O–H groups in total. The van der Waals surface area contributed by atoms with Crippen LogP contribution in [0.2, 0.25) is 0 Å². The molecule has 3 heterocycles. The summed E-state index contributed by atoms with van der Waals surface area (Å²) in [4.78, 5) is 36.7. The predicted molar refractivity (Wildman–Crippen MR) is 106 cm³/mol. The second-order valence-electron chi connectivity index (χ2n) is 7.83. The van der Waals surface area contributed by atoms with Gasteiger partial charge in [0.2, 0.25) is 5.91 Å². The van der Waals surface area contributed by atoms with Gasteiger partial charge < -0.3 is 19.5 Å². The van der Waals surface area contributed by atoms with Crippen molar-refractivity contribution in [2.24, 2.45) is 5.92 Å². The second-order valence-corrected chi connectivity index (χ2v) is 7.83. The predicted octanol–water partition coefficient (Wildman–Crippen LogP) is 1.52. The highest BCUT2D eigenvalue weighted by Gasteiger charge is 2.42. The third-order valence-electron chi connectivity index (χ3n) is 5.88. The molecule has 28 heavy (non-hydrogen) atoms. The lowest BCUT2D eigenvalue weighted by molar-refractivity contribution is -0.118. The van der Waals surface area contributed by atoms with Gasteiger partial charge in [-0.3, -0.25) is 9.59 Å². The molecule has 7 heteroatoms. The molecule has 1 amide bonds. The summed E-state index contributed by atoms with van der Waals surface area (Å²) in [6, 6.07) is 9.87. The molecule has 1 atom stereocenters. The van der Waals surface area contributed by atoms with Gasteiger partial charge in [-0.2, -0.15) is 0 Å². The number of hydrogen-bond donors (Lipinski definition) is 1. The lowest BCUT2D eigenvalue weighted by Gasteiger charge is -2.28. The topological polar surface area (TPSA) is 78.5 Å². The Bertz CT molecular complexity index is 947. The lowest BCUT2D eigenvalue weighted by atomic mass is 10.1. The number of morpholine rings is 1. The van der Waals surface area contributed by atoms with E-state index in [1.807, 2.05) is 28.0 Å². The van der Waals surface area contributed by atoms with Crippen molar-refractivity contribution < 1.29 is 9.53 Å². The summed E-state index contributed by atoms with van der Waals surface area (Å²) >= 11 is 0. The maximum absolute atomic E-state index is 13.2. The number of nitrogens with one attached hydrogen (secondary N) is 1. The highest BCUT2D eigenvalue weighted by atomic mass is 16.5. The Kier molecular flexibility index (Phi) is 4.39. The number of anilines is 2. The number of aromatic amines is 1. The van der Waals surface area contributed by atoms with Crippen molar-refractivity contribution in [1.82, 2.24) is 9.97 Å². The van der Waals surface area contributed by atoms with Crippen molar-refractivity contribution in [2.45, 2.75) is 31.7 Å². The van der Waals surface area contributed by atoms with Gasteiger partial charge in [0.05, 0.1) is 19.6 Å². The molecule has 146 valence electrons. The molecule has 0 radical (unpaired) electrons. The van der Waals surface area contributed by atoms with E-state index in [1.165, 1.54) is 24.5 Å². The van der Waals surface area contributed by atoms with Crippen molar-refractivity contribution in [3.63, 3.8) is 0 Å². The van der Waals surface area contributed by atoms with E-state index >= 15 is 0 Å². The molecule has 3 aliphatic rings. The molecule has 0 unspecified atom stereocenters. The van der Waals surface area contributed by atoms with Gasteiger partial charge in [0, 0.05) is 30.9 Å². The zero-order valence-corrected chi connectivity index (χ0v) is 15.8. The fraction of sp³-hybridized carbons (Fsp3) is 0.476. The summed E-state index contributed by atoms with van der Waals surface area (Å²) in [6.07, 6.45) is 3.39. The Morgan fingerprint density at radius 3 is 2.79 bits per heavy atom. The van der Waals surface area contributed by atoms with Crippen LogP contribution in [0.5, 0.6) is 0 Å². The Balaban J connectivity index is 1.40. The molecule has 2 aromatic rings. The number of ether oxygens (including phenoxy) is 1. The van der Waals surface area contributed by atoms with E-state index in [4.69, 9.17) is 4.74 Å². The summed E-state index contributed by atoms with van der Waals surface area (Å²) < 4.78 is 5.37. The minimum atomic E-state index is -0.222. The number of para-hydroxylation sites is 1. The minimum absolute atomic E-state index is 0.00382. The lowest BCUT2D eigenvalue weighted by Crippen LogP contribution is -2.41. The molecule has 1 aromatic carbocycles. The van der Waals surface area contributed by atoms with Crippen LogP contribution in [0.1, 0.15) is 24.2 Å². The van der Waals surface area contributed by atoms with Crippen LogP contribution in [0.4, 0.5) is 11.5 Å². The largest absolute Gasteiger partial charge is 0.378 e. The van der Waals surface area contributed by atoms with Gasteiger partial charge in [-0.05, 0) is 36.8 Å². The standard InChI is InChI=1S/C21H24N4O3/c26-20-13-19(24-7-9-28-10-8-24)22-18(23-20)12-21(27)25-16-4-2-1-3-15(16)11-17(25)14-5-6-14/h1-4,13-14,17H,5-12H2,(H,22,23,26)/t17-/m0/s1. The molecule has 1 saturated heterocycles. The minimum Gasteiger partial charge on any atom is -0.378 e. The van der Waals surface area contributed by atoms with Gasteiger partial charge in [-0.15, -0.1) is 0 Å². The van der Waals surface area contributed by atoms with Crippen LogP contribution in [0, 0.1) is 5.92 Å². The van der Waals surface area contributed by atoms with Gasteiger partial charge in [-0.25, -0.2) is 4.98 Å². The number of rotatable bonds is 4. The average molecular weight is 380 g/mol. The fourth-order valence-corrected chi connectivity index (χ4v) is 4.35. The molecule has 1 saturated carbocycles. The maximum atomic E-state index is 13.2. The van der Waals surface area contributed by atoms with E-state index in [0.29, 0.717) is 43.9 Å². The molecule has 2 fully saturated rings. The summed E-state index contributed by atoms with van der Waals surface area (Å²) in [7, 11) is 0. The fourth-order valence-electron chi connectivity index (χ4n) is 4.35. The van der Waals surface area contributed by atoms with Crippen LogP contribution in [-0.2, 0) is 22.4 Å². The SMILES string of the molecule is O=C(Cc1nc(N2CCOCC2)cc(=O)[nH]1)N1c2ccccc2C[C@H]1C1CC1. The van der Waals surface area contributed by atoms with E-state index in [9.17, 15) is 9.59 Å². The van der Waals surface area contributed by atoms with E-state index in [-0.39, 0.29) is 23.9 Å². The molecule has 2 aliphatic heterocycles. The number of aromatic nitrogens is 2. The molecular formula is C21H24N4O3. The molecule has 1 aliphatic carbocycles. The first-order valence-electron chi connectivity index (χ1n) is 10.0. The smallest absolute Gasteiger partial charge is 0.252 e. The third-order valence-corrected chi connectivity index (χ3v) is 5.88. The number of fused-ring (bicyclic) bond motifs is 1. The van der Waals surface area contributed by atoms with Crippen molar-refractivity contribution in [3.8, 4) is 0 Å². The molecule has 0 bridgehead atoms. The number of amides is 1. The van der Waals surface area contributed by atoms with E-state index in [2.05, 4.69) is 16.0 Å². The normalized spacial score (nSPS) is 21.6. The van der Waals surface area contributed by atoms with Crippen molar-refractivity contribution in [2.75, 3.05) is 36.1 Å². The van der Waals surface area contributed by atoms with Crippen LogP contribution >= 0.6 is 0 Å². The van der Waals surface area contributed by atoms with E-state index in [0.717, 1.165) is 12.1 Å². The highest BCUT2D eigenvalue weighted by molar-refractivity contribution is 5.97. The number of carbonyl (C=O) groups excluding carboxylic acids is 1. The zero-order chi connectivity index (χ0) is 19.1. The second kappa shape index (κ2) is 7.05. The number of hydrogen-bond acceptors (Lipinski definition) is 5. The average Bonchev–Trinajstić information content (AvgIpc) is 3.48. The summed E-state index contributed by atoms with van der Waals surface area (Å²) in [5.74, 6) is 1.64. The van der Waals surface area contributed by atoms with E-state index in [1.54, 1.807) is 0 Å². The van der Waals surface area contributed by atoms with Gasteiger partial charge >= 0.3 is 0 Å². The number of carbonyl (C=O) groups is 1. The van der Waals surface area contributed by atoms with Crippen LogP contribution in [-0.4, -0.2) is 48.2 Å². The van der Waals surface area contributed by atoms with Crippen LogP contribution in [0.3, 0.4) is 0 Å². The zero-order valence-electron chi connectivity index (χ0n) is 15.8. The Morgan fingerprint density at radius 1 is 1.21 bits per heavy atom. The Morgan fingerprint density at radius 2 is 2.00 bits per heavy atom. The molecule has 1 aromatic heterocycles. The molecule has 7 nitrogen and oxygen atoms in total. The third kappa shape index (κ3) is 3.30. The van der Waals surface area contributed by atoms with Crippen molar-refractivity contribution in [1.29, 1.82) is 0 Å². The molecule has 0 spiro atoms. The van der Waals surface area contributed by atoms with Gasteiger partial charge in [0.15, 0.2) is 0 Å². The Hall–Kier alpha value is -2.67. The first-order chi connectivity index (χ1) is 13.7. The summed E-state index contributed by atoms with van der Waals surface area (Å²) in [6.45, 7) is 2.65. The van der Waals surface area contributed by atoms with Gasteiger partial charge in [-0.1, -0.05) is 18.2 Å². The highest BCUT2D eigenvalue weighted by Crippen LogP contribution is 2.44. The van der Waals surface area contributed by atoms with Crippen LogP contribution < -0.4 is 15.4 Å². The van der Waals surface area contributed by atoms with Crippen LogP contribution in [0.15, 0.2) is 35.1 Å². The summed E-state index contributed by atoms with van der Waals surface area (Å²) in [5, 5.41) is 0. The number of benzene rings is 1. The molecular weight excluding hydrogens is 356 g/mol. The number of nitrogens with zero attached hydrogens (tertiary/aromatic N) is 3. The molecule has 5 rings (SSSR count). The van der Waals surface area contributed by atoms with E-state index < -0.39 is 0 Å². The van der Waals surface area contributed by atoms with Gasteiger partial charge in [0.25, 0.3) is 5.56 Å². The van der Waals surface area contributed by atoms with Crippen LogP contribution in [0.25, 0.3) is 0 Å². The van der Waals surface area contributed by atoms with Crippen molar-refractivity contribution >= 4 is 17.4 Å². The number of H-pyrrole nitrogens is 1. The maximum Gasteiger partial charge on any atom is 0.252 e. The van der Waals surface area contributed by atoms with Gasteiger partial charge in [0.1, 0.15) is 11.6 Å². The first-order valence-corrected chi connectivity index (χ1v) is 10.0. The summed E-state index contributed by atoms with van der Waals surface area (Å²) in [5.41, 5.74) is 2.02. The van der Waals surface area contributed by atoms with Crippen molar-refractivity contribution in [3.05, 3.63) is 52.1 Å². The quantitative estimate of drug-likeness (QED) is 0.870.